The van der Waals surface area contributed by atoms with Crippen molar-refractivity contribution in [1.82, 2.24) is 24.9 Å². The summed E-state index contributed by atoms with van der Waals surface area (Å²) < 4.78 is 12.1. The van der Waals surface area contributed by atoms with E-state index in [4.69, 9.17) is 9.47 Å². The van der Waals surface area contributed by atoms with E-state index >= 15 is 0 Å². The molecule has 2 heterocycles. The van der Waals surface area contributed by atoms with Gasteiger partial charge in [0.05, 0.1) is 32.4 Å². The molecule has 0 spiro atoms. The van der Waals surface area contributed by atoms with Gasteiger partial charge in [-0.2, -0.15) is 0 Å². The number of nitrogens with zero attached hydrogens (tertiary/aromatic N) is 4. The molecule has 0 fully saturated rings. The van der Waals surface area contributed by atoms with E-state index in [1.807, 2.05) is 61.5 Å². The SMILES string of the molecule is COc1ccc(-c2cc3nc([C@@H](C)NC(=O)Cc4ccccc4OC)nn3cn2)cc1. The number of methoxy groups -OCH3 is 2. The molecule has 2 aromatic carbocycles. The average molecular weight is 417 g/mol. The van der Waals surface area contributed by atoms with Gasteiger partial charge in [0.1, 0.15) is 17.8 Å². The summed E-state index contributed by atoms with van der Waals surface area (Å²) in [7, 11) is 3.22. The summed E-state index contributed by atoms with van der Waals surface area (Å²) in [5.41, 5.74) is 3.21. The largest absolute Gasteiger partial charge is 0.497 e. The van der Waals surface area contributed by atoms with Gasteiger partial charge in [-0.1, -0.05) is 18.2 Å². The Kier molecular flexibility index (Phi) is 5.79. The third-order valence-corrected chi connectivity index (χ3v) is 4.94. The highest BCUT2D eigenvalue weighted by Crippen LogP contribution is 2.22. The van der Waals surface area contributed by atoms with Gasteiger partial charge in [-0.05, 0) is 37.3 Å². The Morgan fingerprint density at radius 2 is 1.87 bits per heavy atom. The van der Waals surface area contributed by atoms with Crippen LogP contribution in [-0.4, -0.2) is 39.7 Å². The second kappa shape index (κ2) is 8.83. The number of nitrogens with one attached hydrogen (secondary N) is 1. The molecule has 0 bridgehead atoms. The molecule has 1 N–H and O–H groups in total. The van der Waals surface area contributed by atoms with Gasteiger partial charge in [0.2, 0.25) is 5.91 Å². The van der Waals surface area contributed by atoms with Crippen LogP contribution in [0.2, 0.25) is 0 Å². The minimum atomic E-state index is -0.355. The highest BCUT2D eigenvalue weighted by atomic mass is 16.5. The molecule has 1 atom stereocenters. The van der Waals surface area contributed by atoms with Crippen LogP contribution in [0.15, 0.2) is 60.9 Å². The standard InChI is InChI=1S/C23H23N5O3/c1-15(25-22(29)12-17-6-4-5-7-20(17)31-3)23-26-21-13-19(24-14-28(21)27-23)16-8-10-18(30-2)11-9-16/h4-11,13-15H,12H2,1-3H3,(H,25,29)/t15-/m1/s1. The summed E-state index contributed by atoms with van der Waals surface area (Å²) >= 11 is 0. The third kappa shape index (κ3) is 4.48. The fraction of sp³-hybridized carbons (Fsp3) is 0.217. The molecular weight excluding hydrogens is 394 g/mol. The summed E-state index contributed by atoms with van der Waals surface area (Å²) in [6.07, 6.45) is 1.83. The fourth-order valence-corrected chi connectivity index (χ4v) is 3.29. The van der Waals surface area contributed by atoms with E-state index in [1.54, 1.807) is 25.1 Å². The van der Waals surface area contributed by atoms with Crippen molar-refractivity contribution in [2.75, 3.05) is 14.2 Å². The maximum Gasteiger partial charge on any atom is 0.225 e. The second-order valence-corrected chi connectivity index (χ2v) is 7.05. The summed E-state index contributed by atoms with van der Waals surface area (Å²) in [4.78, 5) is 21.6. The Hall–Kier alpha value is -3.94. The second-order valence-electron chi connectivity index (χ2n) is 7.05. The topological polar surface area (TPSA) is 90.6 Å². The van der Waals surface area contributed by atoms with Crippen LogP contribution in [0.4, 0.5) is 0 Å². The van der Waals surface area contributed by atoms with Crippen LogP contribution in [-0.2, 0) is 11.2 Å². The quantitative estimate of drug-likeness (QED) is 0.497. The van der Waals surface area contributed by atoms with Crippen LogP contribution in [0.5, 0.6) is 11.5 Å². The number of fused-ring (bicyclic) bond motifs is 1. The van der Waals surface area contributed by atoms with Crippen molar-refractivity contribution in [3.8, 4) is 22.8 Å². The minimum absolute atomic E-state index is 0.132. The van der Waals surface area contributed by atoms with Crippen LogP contribution >= 0.6 is 0 Å². The molecule has 158 valence electrons. The average Bonchev–Trinajstić information content (AvgIpc) is 3.23. The first-order valence-corrected chi connectivity index (χ1v) is 9.85. The van der Waals surface area contributed by atoms with Gasteiger partial charge in [0.25, 0.3) is 0 Å². The maximum atomic E-state index is 12.5. The Morgan fingerprint density at radius 3 is 2.61 bits per heavy atom. The molecule has 2 aromatic heterocycles. The van der Waals surface area contributed by atoms with Crippen LogP contribution in [0, 0.1) is 0 Å². The number of hydrogen-bond donors (Lipinski definition) is 1. The van der Waals surface area contributed by atoms with E-state index in [-0.39, 0.29) is 18.4 Å². The first-order chi connectivity index (χ1) is 15.1. The van der Waals surface area contributed by atoms with Crippen LogP contribution in [0.3, 0.4) is 0 Å². The molecule has 8 heteroatoms. The Morgan fingerprint density at radius 1 is 1.10 bits per heavy atom. The third-order valence-electron chi connectivity index (χ3n) is 4.94. The molecule has 0 aliphatic heterocycles. The molecule has 0 unspecified atom stereocenters. The lowest BCUT2D eigenvalue weighted by atomic mass is 10.1. The van der Waals surface area contributed by atoms with Crippen molar-refractivity contribution in [3.05, 3.63) is 72.3 Å². The lowest BCUT2D eigenvalue weighted by Crippen LogP contribution is -2.29. The number of rotatable bonds is 7. The normalized spacial score (nSPS) is 11.8. The number of hydrogen-bond acceptors (Lipinski definition) is 6. The maximum absolute atomic E-state index is 12.5. The lowest BCUT2D eigenvalue weighted by molar-refractivity contribution is -0.121. The predicted octanol–water partition coefficient (Wildman–Crippen LogP) is 3.23. The Bertz CT molecular complexity index is 1200. The van der Waals surface area contributed by atoms with E-state index in [0.717, 1.165) is 22.6 Å². The molecule has 1 amide bonds. The number of carbonyl (C=O) groups is 1. The van der Waals surface area contributed by atoms with Gasteiger partial charge in [0, 0.05) is 17.2 Å². The van der Waals surface area contributed by atoms with Crippen molar-refractivity contribution in [3.63, 3.8) is 0 Å². The highest BCUT2D eigenvalue weighted by molar-refractivity contribution is 5.79. The summed E-state index contributed by atoms with van der Waals surface area (Å²) in [6, 6.07) is 16.6. The van der Waals surface area contributed by atoms with Crippen LogP contribution in [0.25, 0.3) is 16.9 Å². The molecule has 31 heavy (non-hydrogen) atoms. The van der Waals surface area contributed by atoms with Crippen molar-refractivity contribution < 1.29 is 14.3 Å². The van der Waals surface area contributed by atoms with E-state index in [1.165, 1.54) is 0 Å². The number of ether oxygens (including phenoxy) is 2. The molecule has 0 saturated heterocycles. The molecule has 4 rings (SSSR count). The number of carbonyl (C=O) groups excluding carboxylic acids is 1. The Labute approximate surface area is 179 Å². The first kappa shape index (κ1) is 20.3. The number of amides is 1. The fourth-order valence-electron chi connectivity index (χ4n) is 3.29. The summed E-state index contributed by atoms with van der Waals surface area (Å²) in [5.74, 6) is 1.86. The van der Waals surface area contributed by atoms with Crippen molar-refractivity contribution in [2.24, 2.45) is 0 Å². The Balaban J connectivity index is 1.49. The molecular formula is C23H23N5O3. The van der Waals surface area contributed by atoms with Gasteiger partial charge < -0.3 is 14.8 Å². The summed E-state index contributed by atoms with van der Waals surface area (Å²) in [5, 5.41) is 7.40. The zero-order valence-electron chi connectivity index (χ0n) is 17.6. The van der Waals surface area contributed by atoms with E-state index in [2.05, 4.69) is 20.4 Å². The van der Waals surface area contributed by atoms with Gasteiger partial charge in [0.15, 0.2) is 11.5 Å². The van der Waals surface area contributed by atoms with Crippen LogP contribution < -0.4 is 14.8 Å². The van der Waals surface area contributed by atoms with Gasteiger partial charge in [-0.15, -0.1) is 5.10 Å². The van der Waals surface area contributed by atoms with Gasteiger partial charge in [-0.3, -0.25) is 4.79 Å². The van der Waals surface area contributed by atoms with E-state index in [9.17, 15) is 4.79 Å². The van der Waals surface area contributed by atoms with Crippen molar-refractivity contribution in [2.45, 2.75) is 19.4 Å². The molecule has 0 aliphatic rings. The number of benzene rings is 2. The minimum Gasteiger partial charge on any atom is -0.497 e. The number of para-hydroxylation sites is 1. The molecule has 8 nitrogen and oxygen atoms in total. The zero-order valence-corrected chi connectivity index (χ0v) is 17.6. The molecule has 0 saturated carbocycles. The van der Waals surface area contributed by atoms with Crippen molar-refractivity contribution >= 4 is 11.6 Å². The lowest BCUT2D eigenvalue weighted by Gasteiger charge is -2.12. The highest BCUT2D eigenvalue weighted by Gasteiger charge is 2.17. The van der Waals surface area contributed by atoms with E-state index < -0.39 is 0 Å². The number of aromatic nitrogens is 4. The monoisotopic (exact) mass is 417 g/mol. The van der Waals surface area contributed by atoms with Gasteiger partial charge >= 0.3 is 0 Å². The van der Waals surface area contributed by atoms with Gasteiger partial charge in [-0.25, -0.2) is 14.5 Å². The first-order valence-electron chi connectivity index (χ1n) is 9.85. The molecule has 0 aliphatic carbocycles. The smallest absolute Gasteiger partial charge is 0.225 e. The predicted molar refractivity (Wildman–Crippen MR) is 116 cm³/mol. The van der Waals surface area contributed by atoms with E-state index in [0.29, 0.717) is 17.2 Å². The molecule has 4 aromatic rings. The summed E-state index contributed by atoms with van der Waals surface area (Å²) in [6.45, 7) is 1.85. The molecule has 0 radical (unpaired) electrons. The van der Waals surface area contributed by atoms with Crippen molar-refractivity contribution in [1.29, 1.82) is 0 Å². The zero-order chi connectivity index (χ0) is 21.8. The van der Waals surface area contributed by atoms with Crippen LogP contribution in [0.1, 0.15) is 24.4 Å².